The molecule has 4 aliphatic rings. The molecule has 0 unspecified atom stereocenters. The molecule has 3 saturated carbocycles. The molecule has 29 heavy (non-hydrogen) atoms. The molecule has 3 fully saturated rings. The summed E-state index contributed by atoms with van der Waals surface area (Å²) in [5.74, 6) is 1.62. The van der Waals surface area contributed by atoms with Crippen LogP contribution in [-0.4, -0.2) is 23.1 Å². The Hall–Kier alpha value is -1.45. The van der Waals surface area contributed by atoms with Gasteiger partial charge in [-0.3, -0.25) is 14.4 Å². The zero-order valence-corrected chi connectivity index (χ0v) is 18.5. The molecule has 0 radical (unpaired) electrons. The van der Waals surface area contributed by atoms with Crippen molar-refractivity contribution >= 4 is 17.5 Å². The molecule has 4 aliphatic carbocycles. The number of Topliss-reactive ketones (excluding diaryl/α,β-unsaturated/α-hetero) is 1. The third-order valence-corrected chi connectivity index (χ3v) is 9.39. The van der Waals surface area contributed by atoms with Gasteiger partial charge in [0.15, 0.2) is 17.2 Å². The SMILES string of the molecule is CCCC(=O)O[C@]1(C(C)=O)CC[C@H]2[C@@H]3CCC4=CC(=O)CC[C@]4(C)[C@H]3CC[C@@]21C. The van der Waals surface area contributed by atoms with Crippen molar-refractivity contribution in [1.29, 1.82) is 0 Å². The molecule has 4 heteroatoms. The Labute approximate surface area is 174 Å². The van der Waals surface area contributed by atoms with Crippen LogP contribution in [-0.2, 0) is 19.1 Å². The van der Waals surface area contributed by atoms with Crippen molar-refractivity contribution in [2.75, 3.05) is 0 Å². The Bertz CT molecular complexity index is 767. The largest absolute Gasteiger partial charge is 0.450 e. The highest BCUT2D eigenvalue weighted by atomic mass is 16.6. The Kier molecular flexibility index (Phi) is 5.07. The van der Waals surface area contributed by atoms with Crippen molar-refractivity contribution in [2.45, 2.75) is 97.5 Å². The van der Waals surface area contributed by atoms with Gasteiger partial charge in [0, 0.05) is 18.3 Å². The molecule has 160 valence electrons. The van der Waals surface area contributed by atoms with Crippen LogP contribution < -0.4 is 0 Å². The highest BCUT2D eigenvalue weighted by molar-refractivity contribution is 5.91. The summed E-state index contributed by atoms with van der Waals surface area (Å²) < 4.78 is 6.05. The zero-order chi connectivity index (χ0) is 21.0. The lowest BCUT2D eigenvalue weighted by Crippen LogP contribution is -2.58. The lowest BCUT2D eigenvalue weighted by atomic mass is 9.46. The normalized spacial score (nSPS) is 43.7. The van der Waals surface area contributed by atoms with Crippen molar-refractivity contribution in [3.8, 4) is 0 Å². The first kappa shape index (κ1) is 20.8. The topological polar surface area (TPSA) is 60.4 Å². The lowest BCUT2D eigenvalue weighted by molar-refractivity contribution is -0.189. The summed E-state index contributed by atoms with van der Waals surface area (Å²) in [6, 6.07) is 0. The summed E-state index contributed by atoms with van der Waals surface area (Å²) >= 11 is 0. The van der Waals surface area contributed by atoms with Gasteiger partial charge in [0.1, 0.15) is 0 Å². The van der Waals surface area contributed by atoms with Crippen molar-refractivity contribution in [1.82, 2.24) is 0 Å². The van der Waals surface area contributed by atoms with Crippen LogP contribution in [0.15, 0.2) is 11.6 Å². The Morgan fingerprint density at radius 3 is 2.48 bits per heavy atom. The quantitative estimate of drug-likeness (QED) is 0.609. The van der Waals surface area contributed by atoms with E-state index in [0.29, 0.717) is 37.0 Å². The van der Waals surface area contributed by atoms with Gasteiger partial charge < -0.3 is 4.74 Å². The van der Waals surface area contributed by atoms with E-state index in [-0.39, 0.29) is 28.4 Å². The van der Waals surface area contributed by atoms with Gasteiger partial charge in [-0.25, -0.2) is 0 Å². The summed E-state index contributed by atoms with van der Waals surface area (Å²) in [6.45, 7) is 8.18. The predicted octanol–water partition coefficient (Wildman–Crippen LogP) is 5.19. The van der Waals surface area contributed by atoms with Crippen LogP contribution in [0.3, 0.4) is 0 Å². The van der Waals surface area contributed by atoms with E-state index in [0.717, 1.165) is 44.9 Å². The maximum absolute atomic E-state index is 12.9. The molecule has 0 spiro atoms. The first-order chi connectivity index (χ1) is 13.7. The Morgan fingerprint density at radius 1 is 1.07 bits per heavy atom. The van der Waals surface area contributed by atoms with Gasteiger partial charge in [-0.2, -0.15) is 0 Å². The van der Waals surface area contributed by atoms with E-state index in [4.69, 9.17) is 4.74 Å². The van der Waals surface area contributed by atoms with Crippen LogP contribution in [0.25, 0.3) is 0 Å². The number of carbonyl (C=O) groups excluding carboxylic acids is 3. The van der Waals surface area contributed by atoms with Gasteiger partial charge in [0.05, 0.1) is 0 Å². The van der Waals surface area contributed by atoms with Crippen LogP contribution in [0.1, 0.15) is 91.9 Å². The Balaban J connectivity index is 1.66. The van der Waals surface area contributed by atoms with Crippen molar-refractivity contribution < 1.29 is 19.1 Å². The third kappa shape index (κ3) is 2.88. The van der Waals surface area contributed by atoms with E-state index in [1.165, 1.54) is 5.57 Å². The molecule has 4 nitrogen and oxygen atoms in total. The summed E-state index contributed by atoms with van der Waals surface area (Å²) in [5.41, 5.74) is 0.266. The number of hydrogen-bond donors (Lipinski definition) is 0. The molecule has 0 heterocycles. The fourth-order valence-electron chi connectivity index (χ4n) is 7.82. The summed E-state index contributed by atoms with van der Waals surface area (Å²) in [7, 11) is 0. The minimum atomic E-state index is -0.950. The average molecular weight is 401 g/mol. The molecule has 0 aromatic rings. The van der Waals surface area contributed by atoms with Crippen LogP contribution >= 0.6 is 0 Å². The molecule has 6 atom stereocenters. The van der Waals surface area contributed by atoms with Crippen LogP contribution in [0.5, 0.6) is 0 Å². The first-order valence-corrected chi connectivity index (χ1v) is 11.6. The van der Waals surface area contributed by atoms with Crippen LogP contribution in [0.4, 0.5) is 0 Å². The van der Waals surface area contributed by atoms with E-state index in [2.05, 4.69) is 13.8 Å². The second kappa shape index (κ2) is 7.06. The number of ketones is 2. The highest BCUT2D eigenvalue weighted by Gasteiger charge is 2.67. The van der Waals surface area contributed by atoms with Gasteiger partial charge in [0.2, 0.25) is 0 Å². The van der Waals surface area contributed by atoms with Gasteiger partial charge in [-0.05, 0) is 87.5 Å². The monoisotopic (exact) mass is 400 g/mol. The molecule has 4 rings (SSSR count). The van der Waals surface area contributed by atoms with Crippen molar-refractivity contribution in [3.63, 3.8) is 0 Å². The number of allylic oxidation sites excluding steroid dienone is 1. The first-order valence-electron chi connectivity index (χ1n) is 11.6. The molecule has 0 aliphatic heterocycles. The molecule has 0 saturated heterocycles. The van der Waals surface area contributed by atoms with Gasteiger partial charge in [0.25, 0.3) is 0 Å². The summed E-state index contributed by atoms with van der Waals surface area (Å²) in [4.78, 5) is 37.4. The maximum Gasteiger partial charge on any atom is 0.306 e. The smallest absolute Gasteiger partial charge is 0.306 e. The standard InChI is InChI=1S/C25H36O4/c1-5-6-22(28)29-25(16(2)26)14-11-21-19-8-7-17-15-18(27)9-12-23(17,3)20(19)10-13-24(21,25)4/h15,19-21H,5-14H2,1-4H3/t19-,20+,21+,23+,24+,25+/m1/s1. The molecule has 0 bridgehead atoms. The second-order valence-corrected chi connectivity index (χ2v) is 10.6. The number of fused-ring (bicyclic) bond motifs is 5. The fourth-order valence-corrected chi connectivity index (χ4v) is 7.82. The maximum atomic E-state index is 12.9. The Morgan fingerprint density at radius 2 is 1.79 bits per heavy atom. The molecular formula is C25H36O4. The minimum absolute atomic E-state index is 0.0243. The van der Waals surface area contributed by atoms with Gasteiger partial charge in [-0.1, -0.05) is 26.3 Å². The second-order valence-electron chi connectivity index (χ2n) is 10.6. The molecule has 0 aromatic carbocycles. The summed E-state index contributed by atoms with van der Waals surface area (Å²) in [5, 5.41) is 0. The third-order valence-electron chi connectivity index (χ3n) is 9.39. The zero-order valence-electron chi connectivity index (χ0n) is 18.5. The molecule has 0 aromatic heterocycles. The number of hydrogen-bond acceptors (Lipinski definition) is 4. The molecule has 0 N–H and O–H groups in total. The summed E-state index contributed by atoms with van der Waals surface area (Å²) in [6.07, 6.45) is 10.4. The van der Waals surface area contributed by atoms with E-state index in [1.807, 2.05) is 13.0 Å². The van der Waals surface area contributed by atoms with Gasteiger partial charge >= 0.3 is 5.97 Å². The number of ether oxygens (including phenoxy) is 1. The molecular weight excluding hydrogens is 364 g/mol. The van der Waals surface area contributed by atoms with E-state index < -0.39 is 5.60 Å². The predicted molar refractivity (Wildman–Crippen MR) is 111 cm³/mol. The highest BCUT2D eigenvalue weighted by Crippen LogP contribution is 2.68. The van der Waals surface area contributed by atoms with E-state index >= 15 is 0 Å². The van der Waals surface area contributed by atoms with Crippen molar-refractivity contribution in [2.24, 2.45) is 28.6 Å². The van der Waals surface area contributed by atoms with Gasteiger partial charge in [-0.15, -0.1) is 0 Å². The van der Waals surface area contributed by atoms with E-state index in [1.54, 1.807) is 6.92 Å². The van der Waals surface area contributed by atoms with Crippen LogP contribution in [0.2, 0.25) is 0 Å². The number of carbonyl (C=O) groups is 3. The average Bonchev–Trinajstić information content (AvgIpc) is 2.96. The van der Waals surface area contributed by atoms with Crippen LogP contribution in [0, 0.1) is 28.6 Å². The minimum Gasteiger partial charge on any atom is -0.450 e. The number of rotatable bonds is 4. The van der Waals surface area contributed by atoms with Crippen molar-refractivity contribution in [3.05, 3.63) is 11.6 Å². The molecule has 0 amide bonds. The fraction of sp³-hybridized carbons (Fsp3) is 0.800. The number of esters is 1. The van der Waals surface area contributed by atoms with E-state index in [9.17, 15) is 14.4 Å². The lowest BCUT2D eigenvalue weighted by Gasteiger charge is -2.59.